The first-order valence-corrected chi connectivity index (χ1v) is 11.9. The molecule has 0 amide bonds. The van der Waals surface area contributed by atoms with E-state index in [4.69, 9.17) is 23.8 Å². The fourth-order valence-corrected chi connectivity index (χ4v) is 5.40. The Bertz CT molecular complexity index is 1380. The van der Waals surface area contributed by atoms with Gasteiger partial charge >= 0.3 is 0 Å². The van der Waals surface area contributed by atoms with Gasteiger partial charge in [-0.1, -0.05) is 35.9 Å². The number of aromatic hydroxyl groups is 1. The van der Waals surface area contributed by atoms with Crippen LogP contribution in [0.15, 0.2) is 72.9 Å². The highest BCUT2D eigenvalue weighted by Gasteiger charge is 2.43. The first-order valence-electron chi connectivity index (χ1n) is 11.1. The molecule has 1 fully saturated rings. The zero-order chi connectivity index (χ0) is 24.0. The molecular weight excluding hydrogens is 464 g/mol. The molecule has 0 bridgehead atoms. The number of halogens is 1. The molecule has 7 heteroatoms. The van der Waals surface area contributed by atoms with Crippen LogP contribution < -0.4 is 10.2 Å². The summed E-state index contributed by atoms with van der Waals surface area (Å²) < 4.78 is 2.23. The number of pyridine rings is 1. The van der Waals surface area contributed by atoms with Crippen molar-refractivity contribution in [2.75, 3.05) is 4.90 Å². The number of anilines is 1. The summed E-state index contributed by atoms with van der Waals surface area (Å²) in [6, 6.07) is 20.9. The topological polar surface area (TPSA) is 53.3 Å². The number of hydrogen-bond donors (Lipinski definition) is 2. The summed E-state index contributed by atoms with van der Waals surface area (Å²) >= 11 is 12.3. The van der Waals surface area contributed by atoms with Crippen LogP contribution >= 0.6 is 23.8 Å². The van der Waals surface area contributed by atoms with Gasteiger partial charge in [-0.15, -0.1) is 0 Å². The quantitative estimate of drug-likeness (QED) is 0.328. The highest BCUT2D eigenvalue weighted by molar-refractivity contribution is 7.80. The van der Waals surface area contributed by atoms with E-state index in [-0.39, 0.29) is 17.8 Å². The second kappa shape index (κ2) is 8.78. The first-order chi connectivity index (χ1) is 16.4. The van der Waals surface area contributed by atoms with Crippen LogP contribution in [0.25, 0.3) is 5.69 Å². The predicted octanol–water partition coefficient (Wildman–Crippen LogP) is 6.33. The lowest BCUT2D eigenvalue weighted by Gasteiger charge is -2.28. The molecule has 172 valence electrons. The van der Waals surface area contributed by atoms with Crippen LogP contribution in [0.4, 0.5) is 5.69 Å². The average molecular weight is 489 g/mol. The minimum Gasteiger partial charge on any atom is -0.506 e. The summed E-state index contributed by atoms with van der Waals surface area (Å²) in [4.78, 5) is 6.63. The molecule has 5 rings (SSSR count). The van der Waals surface area contributed by atoms with Crippen LogP contribution in [0.5, 0.6) is 5.75 Å². The number of benzene rings is 2. The van der Waals surface area contributed by atoms with E-state index < -0.39 is 0 Å². The summed E-state index contributed by atoms with van der Waals surface area (Å²) in [5.74, 6) is 0.179. The largest absolute Gasteiger partial charge is 0.506 e. The minimum absolute atomic E-state index is 0.179. The number of aryl methyl sites for hydroxylation is 1. The van der Waals surface area contributed by atoms with Gasteiger partial charge in [-0.05, 0) is 86.6 Å². The second-order valence-corrected chi connectivity index (χ2v) is 9.33. The summed E-state index contributed by atoms with van der Waals surface area (Å²) in [6.45, 7) is 6.24. The van der Waals surface area contributed by atoms with Crippen molar-refractivity contribution in [3.8, 4) is 11.4 Å². The molecule has 0 spiro atoms. The molecule has 2 aromatic carbocycles. The monoisotopic (exact) mass is 488 g/mol. The fourth-order valence-electron chi connectivity index (χ4n) is 4.89. The summed E-state index contributed by atoms with van der Waals surface area (Å²) in [6.07, 6.45) is 1.79. The van der Waals surface area contributed by atoms with Gasteiger partial charge in [0.2, 0.25) is 0 Å². The molecule has 1 saturated heterocycles. The van der Waals surface area contributed by atoms with Crippen LogP contribution in [0, 0.1) is 20.8 Å². The zero-order valence-corrected chi connectivity index (χ0v) is 20.7. The van der Waals surface area contributed by atoms with Crippen molar-refractivity contribution in [3.05, 3.63) is 106 Å². The SMILES string of the molecule is Cc1c(Cl)cccc1-n1c(C)cc([C@@H]2[C@H](c3ccccn3)NC(=S)N2c2ccccc2O)c1C. The van der Waals surface area contributed by atoms with Crippen molar-refractivity contribution in [2.45, 2.75) is 32.9 Å². The Morgan fingerprint density at radius 2 is 1.71 bits per heavy atom. The van der Waals surface area contributed by atoms with Crippen LogP contribution in [0.1, 0.15) is 40.3 Å². The van der Waals surface area contributed by atoms with E-state index >= 15 is 0 Å². The van der Waals surface area contributed by atoms with Crippen LogP contribution in [0.3, 0.4) is 0 Å². The Labute approximate surface area is 209 Å². The molecule has 0 saturated carbocycles. The van der Waals surface area contributed by atoms with E-state index in [0.29, 0.717) is 10.8 Å². The number of rotatable bonds is 4. The Hall–Kier alpha value is -3.35. The Morgan fingerprint density at radius 1 is 0.971 bits per heavy atom. The summed E-state index contributed by atoms with van der Waals surface area (Å²) in [7, 11) is 0. The fraction of sp³-hybridized carbons (Fsp3) is 0.185. The molecule has 34 heavy (non-hydrogen) atoms. The number of hydrogen-bond acceptors (Lipinski definition) is 3. The van der Waals surface area contributed by atoms with Gasteiger partial charge in [-0.2, -0.15) is 0 Å². The van der Waals surface area contributed by atoms with Gasteiger partial charge in [0.1, 0.15) is 5.75 Å². The van der Waals surface area contributed by atoms with Gasteiger partial charge in [0, 0.05) is 28.3 Å². The molecule has 3 heterocycles. The standard InChI is InChI=1S/C27H25ClN4OS/c1-16-15-19(18(3)31(16)22-12-8-9-20(28)17(22)2)26-25(21-10-6-7-14-29-21)30-27(34)32(26)23-11-4-5-13-24(23)33/h4-15,25-26,33H,1-3H3,(H,30,34)/t25-,26+/m0/s1. The van der Waals surface area contributed by atoms with Crippen molar-refractivity contribution in [1.82, 2.24) is 14.9 Å². The van der Waals surface area contributed by atoms with Crippen LogP contribution in [-0.2, 0) is 0 Å². The number of aromatic nitrogens is 2. The molecule has 2 N–H and O–H groups in total. The van der Waals surface area contributed by atoms with Gasteiger partial charge < -0.3 is 19.9 Å². The lowest BCUT2D eigenvalue weighted by atomic mass is 9.96. The number of phenolic OH excluding ortho intramolecular Hbond substituents is 1. The van der Waals surface area contributed by atoms with Gasteiger partial charge in [-0.25, -0.2) is 0 Å². The first kappa shape index (κ1) is 22.4. The molecule has 2 atom stereocenters. The van der Waals surface area contributed by atoms with Gasteiger partial charge in [-0.3, -0.25) is 4.98 Å². The third-order valence-corrected chi connectivity index (χ3v) is 7.23. The molecule has 1 aliphatic rings. The molecule has 0 radical (unpaired) electrons. The maximum absolute atomic E-state index is 10.7. The number of thiocarbonyl (C=S) groups is 1. The summed E-state index contributed by atoms with van der Waals surface area (Å²) in [5, 5.41) is 15.5. The average Bonchev–Trinajstić information content (AvgIpc) is 3.32. The van der Waals surface area contributed by atoms with Crippen molar-refractivity contribution >= 4 is 34.6 Å². The maximum Gasteiger partial charge on any atom is 0.174 e. The van der Waals surface area contributed by atoms with Crippen molar-refractivity contribution in [1.29, 1.82) is 0 Å². The van der Waals surface area contributed by atoms with Crippen molar-refractivity contribution in [2.24, 2.45) is 0 Å². The third kappa shape index (κ3) is 3.63. The number of nitrogens with one attached hydrogen (secondary N) is 1. The van der Waals surface area contributed by atoms with E-state index in [2.05, 4.69) is 40.8 Å². The Kier molecular flexibility index (Phi) is 5.80. The number of phenols is 1. The van der Waals surface area contributed by atoms with Gasteiger partial charge in [0.05, 0.1) is 23.5 Å². The summed E-state index contributed by atoms with van der Waals surface area (Å²) in [5.41, 5.74) is 6.89. The molecule has 1 aliphatic heterocycles. The Balaban J connectivity index is 1.72. The second-order valence-electron chi connectivity index (χ2n) is 8.53. The Morgan fingerprint density at radius 3 is 2.44 bits per heavy atom. The molecule has 4 aromatic rings. The van der Waals surface area contributed by atoms with E-state index in [9.17, 15) is 5.11 Å². The molecule has 0 aliphatic carbocycles. The smallest absolute Gasteiger partial charge is 0.174 e. The van der Waals surface area contributed by atoms with Crippen molar-refractivity contribution in [3.63, 3.8) is 0 Å². The van der Waals surface area contributed by atoms with E-state index in [0.717, 1.165) is 38.9 Å². The normalized spacial score (nSPS) is 17.8. The lowest BCUT2D eigenvalue weighted by molar-refractivity contribution is 0.472. The maximum atomic E-state index is 10.7. The van der Waals surface area contributed by atoms with Crippen LogP contribution in [0.2, 0.25) is 5.02 Å². The van der Waals surface area contributed by atoms with Gasteiger partial charge in [0.15, 0.2) is 5.11 Å². The highest BCUT2D eigenvalue weighted by atomic mass is 35.5. The van der Waals surface area contributed by atoms with Crippen LogP contribution in [-0.4, -0.2) is 19.8 Å². The highest BCUT2D eigenvalue weighted by Crippen LogP contribution is 2.46. The third-order valence-electron chi connectivity index (χ3n) is 6.51. The molecular formula is C27H25ClN4OS. The molecule has 5 nitrogen and oxygen atoms in total. The number of para-hydroxylation sites is 2. The number of nitrogens with zero attached hydrogens (tertiary/aromatic N) is 3. The molecule has 2 aromatic heterocycles. The van der Waals surface area contributed by atoms with Crippen molar-refractivity contribution < 1.29 is 5.11 Å². The molecule has 0 unspecified atom stereocenters. The van der Waals surface area contributed by atoms with Gasteiger partial charge in [0.25, 0.3) is 0 Å². The van der Waals surface area contributed by atoms with E-state index in [1.807, 2.05) is 60.4 Å². The zero-order valence-electron chi connectivity index (χ0n) is 19.2. The van der Waals surface area contributed by atoms with E-state index in [1.165, 1.54) is 0 Å². The minimum atomic E-state index is -0.213. The van der Waals surface area contributed by atoms with E-state index in [1.54, 1.807) is 12.3 Å². The lowest BCUT2D eigenvalue weighted by Crippen LogP contribution is -2.29. The predicted molar refractivity (Wildman–Crippen MR) is 141 cm³/mol.